The predicted molar refractivity (Wildman–Crippen MR) is 86.3 cm³/mol. The highest BCUT2D eigenvalue weighted by Crippen LogP contribution is 2.27. The third-order valence-corrected chi connectivity index (χ3v) is 4.20. The van der Waals surface area contributed by atoms with Gasteiger partial charge in [0.2, 0.25) is 0 Å². The lowest BCUT2D eigenvalue weighted by atomic mass is 10.0. The van der Waals surface area contributed by atoms with E-state index in [9.17, 15) is 4.79 Å². The summed E-state index contributed by atoms with van der Waals surface area (Å²) in [5, 5.41) is 3.99. The van der Waals surface area contributed by atoms with Crippen molar-refractivity contribution in [3.63, 3.8) is 0 Å². The number of carbonyl (C=O) groups is 1. The molecule has 2 heterocycles. The van der Waals surface area contributed by atoms with E-state index in [0.29, 0.717) is 30.8 Å². The number of rotatable bonds is 3. The first-order valence-corrected chi connectivity index (χ1v) is 8.05. The molecular weight excluding hydrogens is 292 g/mol. The average Bonchev–Trinajstić information content (AvgIpc) is 2.95. The normalized spacial score (nSPS) is 21.4. The van der Waals surface area contributed by atoms with E-state index in [2.05, 4.69) is 5.16 Å². The summed E-state index contributed by atoms with van der Waals surface area (Å²) in [4.78, 5) is 14.8. The Hall–Kier alpha value is -2.14. The van der Waals surface area contributed by atoms with Gasteiger partial charge in [0.05, 0.1) is 18.3 Å². The summed E-state index contributed by atoms with van der Waals surface area (Å²) in [6, 6.07) is 10.0. The van der Waals surface area contributed by atoms with Crippen LogP contribution in [0.15, 0.2) is 34.9 Å². The molecule has 0 spiro atoms. The van der Waals surface area contributed by atoms with E-state index in [0.717, 1.165) is 11.3 Å². The van der Waals surface area contributed by atoms with Gasteiger partial charge in [-0.15, -0.1) is 0 Å². The monoisotopic (exact) mass is 314 g/mol. The van der Waals surface area contributed by atoms with Crippen LogP contribution in [-0.4, -0.2) is 35.2 Å². The Kier molecular flexibility index (Phi) is 4.48. The second-order valence-electron chi connectivity index (χ2n) is 5.97. The van der Waals surface area contributed by atoms with E-state index < -0.39 is 0 Å². The van der Waals surface area contributed by atoms with Crippen LogP contribution >= 0.6 is 0 Å². The van der Waals surface area contributed by atoms with Gasteiger partial charge in [-0.1, -0.05) is 42.4 Å². The minimum atomic E-state index is -0.103. The third-order valence-electron chi connectivity index (χ3n) is 4.20. The van der Waals surface area contributed by atoms with Crippen LogP contribution in [-0.2, 0) is 11.2 Å². The summed E-state index contributed by atoms with van der Waals surface area (Å²) in [6.07, 6.45) is 0.567. The number of hydrogen-bond donors (Lipinski definition) is 0. The summed E-state index contributed by atoms with van der Waals surface area (Å²) in [5.41, 5.74) is 2.42. The summed E-state index contributed by atoms with van der Waals surface area (Å²) >= 11 is 0. The first kappa shape index (κ1) is 15.7. The van der Waals surface area contributed by atoms with E-state index in [4.69, 9.17) is 9.26 Å². The molecule has 0 radical (unpaired) electrons. The molecule has 2 aromatic rings. The van der Waals surface area contributed by atoms with E-state index in [1.165, 1.54) is 0 Å². The average molecular weight is 314 g/mol. The standard InChI is InChI=1S/C18H22N2O3/c1-4-15-17(13(3)23-19-15)18(21)20-10-12(2)22-16(11-20)14-8-6-5-7-9-14/h5-9,12,16H,4,10-11H2,1-3H3. The van der Waals surface area contributed by atoms with Crippen molar-refractivity contribution < 1.29 is 14.1 Å². The van der Waals surface area contributed by atoms with Gasteiger partial charge >= 0.3 is 0 Å². The topological polar surface area (TPSA) is 55.6 Å². The number of carbonyl (C=O) groups excluding carboxylic acids is 1. The molecule has 3 rings (SSSR count). The number of aryl methyl sites for hydroxylation is 2. The van der Waals surface area contributed by atoms with Crippen LogP contribution in [0.2, 0.25) is 0 Å². The maximum atomic E-state index is 13.0. The maximum absolute atomic E-state index is 13.0. The van der Waals surface area contributed by atoms with E-state index in [1.54, 1.807) is 6.92 Å². The van der Waals surface area contributed by atoms with Gasteiger partial charge in [-0.2, -0.15) is 0 Å². The third kappa shape index (κ3) is 3.15. The number of hydrogen-bond acceptors (Lipinski definition) is 4. The first-order valence-electron chi connectivity index (χ1n) is 8.05. The molecule has 1 aromatic heterocycles. The van der Waals surface area contributed by atoms with Crippen molar-refractivity contribution in [2.24, 2.45) is 0 Å². The predicted octanol–water partition coefficient (Wildman–Crippen LogP) is 3.15. The number of benzene rings is 1. The molecule has 0 bridgehead atoms. The van der Waals surface area contributed by atoms with Crippen molar-refractivity contribution in [1.82, 2.24) is 10.1 Å². The molecule has 1 aromatic carbocycles. The number of nitrogens with zero attached hydrogens (tertiary/aromatic N) is 2. The summed E-state index contributed by atoms with van der Waals surface area (Å²) in [5.74, 6) is 0.568. The molecular formula is C18H22N2O3. The van der Waals surface area contributed by atoms with Crippen molar-refractivity contribution in [3.8, 4) is 0 Å². The van der Waals surface area contributed by atoms with Crippen LogP contribution in [0.3, 0.4) is 0 Å². The van der Waals surface area contributed by atoms with Crippen molar-refractivity contribution in [1.29, 1.82) is 0 Å². The molecule has 23 heavy (non-hydrogen) atoms. The van der Waals surface area contributed by atoms with Gasteiger partial charge in [-0.3, -0.25) is 4.79 Å². The highest BCUT2D eigenvalue weighted by Gasteiger charge is 2.32. The zero-order chi connectivity index (χ0) is 16.4. The van der Waals surface area contributed by atoms with Crippen LogP contribution in [0, 0.1) is 6.92 Å². The number of morpholine rings is 1. The minimum Gasteiger partial charge on any atom is -0.367 e. The zero-order valence-corrected chi connectivity index (χ0v) is 13.8. The lowest BCUT2D eigenvalue weighted by Gasteiger charge is -2.37. The fourth-order valence-electron chi connectivity index (χ4n) is 3.06. The van der Waals surface area contributed by atoms with Gasteiger partial charge in [-0.05, 0) is 25.8 Å². The highest BCUT2D eigenvalue weighted by molar-refractivity contribution is 5.96. The lowest BCUT2D eigenvalue weighted by molar-refractivity contribution is -0.0692. The number of aromatic nitrogens is 1. The second-order valence-corrected chi connectivity index (χ2v) is 5.97. The molecule has 1 aliphatic heterocycles. The molecule has 0 saturated carbocycles. The van der Waals surface area contributed by atoms with Gasteiger partial charge in [0, 0.05) is 6.54 Å². The molecule has 1 aliphatic rings. The molecule has 0 aliphatic carbocycles. The van der Waals surface area contributed by atoms with Crippen molar-refractivity contribution >= 4 is 5.91 Å². The molecule has 2 atom stereocenters. The van der Waals surface area contributed by atoms with E-state index in [-0.39, 0.29) is 18.1 Å². The molecule has 1 saturated heterocycles. The number of ether oxygens (including phenoxy) is 1. The SMILES string of the molecule is CCc1noc(C)c1C(=O)N1CC(C)OC(c2ccccc2)C1. The maximum Gasteiger partial charge on any atom is 0.259 e. The summed E-state index contributed by atoms with van der Waals surface area (Å²) in [6.45, 7) is 6.88. The van der Waals surface area contributed by atoms with Crippen molar-refractivity contribution in [2.75, 3.05) is 13.1 Å². The quantitative estimate of drug-likeness (QED) is 0.873. The lowest BCUT2D eigenvalue weighted by Crippen LogP contribution is -2.46. The van der Waals surface area contributed by atoms with Crippen LogP contribution in [0.4, 0.5) is 0 Å². The molecule has 5 nitrogen and oxygen atoms in total. The summed E-state index contributed by atoms with van der Waals surface area (Å²) < 4.78 is 11.2. The fourth-order valence-corrected chi connectivity index (χ4v) is 3.06. The van der Waals surface area contributed by atoms with E-state index in [1.807, 2.05) is 49.1 Å². The van der Waals surface area contributed by atoms with Gasteiger partial charge in [-0.25, -0.2) is 0 Å². The Morgan fingerprint density at radius 2 is 2.04 bits per heavy atom. The Balaban J connectivity index is 1.84. The Morgan fingerprint density at radius 1 is 1.30 bits per heavy atom. The van der Waals surface area contributed by atoms with Crippen molar-refractivity contribution in [2.45, 2.75) is 39.4 Å². The zero-order valence-electron chi connectivity index (χ0n) is 13.8. The Morgan fingerprint density at radius 3 is 2.74 bits per heavy atom. The molecule has 1 amide bonds. The molecule has 1 fully saturated rings. The molecule has 5 heteroatoms. The van der Waals surface area contributed by atoms with Gasteiger partial charge in [0.1, 0.15) is 17.4 Å². The Bertz CT molecular complexity index is 681. The van der Waals surface area contributed by atoms with Crippen LogP contribution in [0.25, 0.3) is 0 Å². The second kappa shape index (κ2) is 6.54. The first-order chi connectivity index (χ1) is 11.1. The fraction of sp³-hybridized carbons (Fsp3) is 0.444. The van der Waals surface area contributed by atoms with Crippen LogP contribution < -0.4 is 0 Å². The van der Waals surface area contributed by atoms with Gasteiger partial charge < -0.3 is 14.2 Å². The smallest absolute Gasteiger partial charge is 0.259 e. The van der Waals surface area contributed by atoms with Gasteiger partial charge in [0.25, 0.3) is 5.91 Å². The largest absolute Gasteiger partial charge is 0.367 e. The van der Waals surface area contributed by atoms with Gasteiger partial charge in [0.15, 0.2) is 0 Å². The minimum absolute atomic E-state index is 0.0110. The molecule has 0 N–H and O–H groups in total. The summed E-state index contributed by atoms with van der Waals surface area (Å²) in [7, 11) is 0. The van der Waals surface area contributed by atoms with Crippen molar-refractivity contribution in [3.05, 3.63) is 52.9 Å². The highest BCUT2D eigenvalue weighted by atomic mass is 16.5. The van der Waals surface area contributed by atoms with E-state index >= 15 is 0 Å². The molecule has 2 unspecified atom stereocenters. The van der Waals surface area contributed by atoms with Crippen LogP contribution in [0.1, 0.15) is 47.3 Å². The number of amides is 1. The Labute approximate surface area is 136 Å². The molecule has 122 valence electrons. The van der Waals surface area contributed by atoms with Crippen LogP contribution in [0.5, 0.6) is 0 Å².